The van der Waals surface area contributed by atoms with Crippen molar-refractivity contribution >= 4 is 5.69 Å². The first-order valence-electron chi connectivity index (χ1n) is 5.75. The highest BCUT2D eigenvalue weighted by molar-refractivity contribution is 5.59. The summed E-state index contributed by atoms with van der Waals surface area (Å²) in [5.41, 5.74) is 4.06. The van der Waals surface area contributed by atoms with Crippen LogP contribution in [0.3, 0.4) is 0 Å². The van der Waals surface area contributed by atoms with E-state index >= 15 is 0 Å². The van der Waals surface area contributed by atoms with E-state index in [4.69, 9.17) is 0 Å². The highest BCUT2D eigenvalue weighted by atomic mass is 16.3. The normalized spacial score (nSPS) is 16.6. The molecule has 0 saturated heterocycles. The molecule has 0 fully saturated rings. The van der Waals surface area contributed by atoms with Crippen molar-refractivity contribution in [3.05, 3.63) is 29.3 Å². The van der Waals surface area contributed by atoms with Crippen molar-refractivity contribution in [2.75, 3.05) is 18.0 Å². The molecule has 1 atom stereocenters. The Labute approximate surface area is 91.5 Å². The number of aliphatic hydroxyl groups is 1. The van der Waals surface area contributed by atoms with Crippen LogP contribution in [0.2, 0.25) is 0 Å². The van der Waals surface area contributed by atoms with Gasteiger partial charge in [0.15, 0.2) is 0 Å². The molecular weight excluding hydrogens is 186 g/mol. The van der Waals surface area contributed by atoms with Crippen LogP contribution in [0.25, 0.3) is 0 Å². The second kappa shape index (κ2) is 4.23. The van der Waals surface area contributed by atoms with Crippen LogP contribution in [0.4, 0.5) is 5.69 Å². The van der Waals surface area contributed by atoms with Crippen LogP contribution in [0.1, 0.15) is 25.0 Å². The topological polar surface area (TPSA) is 23.5 Å². The quantitative estimate of drug-likeness (QED) is 0.815. The van der Waals surface area contributed by atoms with E-state index in [0.29, 0.717) is 0 Å². The Hall–Kier alpha value is -1.02. The summed E-state index contributed by atoms with van der Waals surface area (Å²) in [4.78, 5) is 2.40. The van der Waals surface area contributed by atoms with Crippen LogP contribution in [0.5, 0.6) is 0 Å². The molecule has 0 spiro atoms. The summed E-state index contributed by atoms with van der Waals surface area (Å²) in [6.07, 6.45) is 1.67. The van der Waals surface area contributed by atoms with Gasteiger partial charge in [-0.05, 0) is 43.9 Å². The van der Waals surface area contributed by atoms with Gasteiger partial charge in [-0.1, -0.05) is 12.1 Å². The predicted octanol–water partition coefficient (Wildman–Crippen LogP) is 1.99. The molecule has 2 heteroatoms. The molecule has 1 aromatic rings. The van der Waals surface area contributed by atoms with E-state index in [1.807, 2.05) is 6.92 Å². The van der Waals surface area contributed by atoms with E-state index in [1.54, 1.807) is 0 Å². The number of hydrogen-bond donors (Lipinski definition) is 1. The largest absolute Gasteiger partial charge is 0.393 e. The number of rotatable bonds is 3. The van der Waals surface area contributed by atoms with Gasteiger partial charge in [-0.25, -0.2) is 0 Å². The summed E-state index contributed by atoms with van der Waals surface area (Å²) >= 11 is 0. The Bertz CT molecular complexity index is 346. The third kappa shape index (κ3) is 2.15. The molecule has 1 unspecified atom stereocenters. The zero-order valence-electron chi connectivity index (χ0n) is 9.53. The van der Waals surface area contributed by atoms with E-state index in [2.05, 4.69) is 30.0 Å². The molecule has 1 N–H and O–H groups in total. The molecular formula is C13H19NO. The van der Waals surface area contributed by atoms with E-state index in [0.717, 1.165) is 25.9 Å². The summed E-state index contributed by atoms with van der Waals surface area (Å²) in [5.74, 6) is 0. The van der Waals surface area contributed by atoms with Gasteiger partial charge in [-0.2, -0.15) is 0 Å². The lowest BCUT2D eigenvalue weighted by Crippen LogP contribution is -2.19. The lowest BCUT2D eigenvalue weighted by atomic mass is 10.0. The van der Waals surface area contributed by atoms with Crippen molar-refractivity contribution < 1.29 is 5.11 Å². The number of anilines is 1. The molecule has 0 amide bonds. The Morgan fingerprint density at radius 1 is 1.47 bits per heavy atom. The second-order valence-corrected chi connectivity index (χ2v) is 4.35. The average molecular weight is 205 g/mol. The molecule has 2 rings (SSSR count). The molecule has 1 heterocycles. The van der Waals surface area contributed by atoms with E-state index in [9.17, 15) is 5.11 Å². The first-order valence-corrected chi connectivity index (χ1v) is 5.75. The van der Waals surface area contributed by atoms with Crippen LogP contribution in [-0.4, -0.2) is 24.3 Å². The van der Waals surface area contributed by atoms with Crippen molar-refractivity contribution in [1.82, 2.24) is 0 Å². The number of benzene rings is 1. The number of fused-ring (bicyclic) bond motifs is 1. The fraction of sp³-hybridized carbons (Fsp3) is 0.538. The SMILES string of the molecule is CCN1CCc2ccc(CC(C)O)cc21. The molecule has 1 aromatic carbocycles. The van der Waals surface area contributed by atoms with Crippen molar-refractivity contribution in [3.8, 4) is 0 Å². The maximum Gasteiger partial charge on any atom is 0.0552 e. The third-order valence-electron chi connectivity index (χ3n) is 3.05. The standard InChI is InChI=1S/C13H19NO/c1-3-14-7-6-12-5-4-11(8-10(2)15)9-13(12)14/h4-5,9-10,15H,3,6-8H2,1-2H3. The van der Waals surface area contributed by atoms with Crippen LogP contribution in [0.15, 0.2) is 18.2 Å². The first kappa shape index (κ1) is 10.5. The predicted molar refractivity (Wildman–Crippen MR) is 63.4 cm³/mol. The van der Waals surface area contributed by atoms with Crippen LogP contribution >= 0.6 is 0 Å². The first-order chi connectivity index (χ1) is 7.20. The summed E-state index contributed by atoms with van der Waals surface area (Å²) in [7, 11) is 0. The molecule has 0 bridgehead atoms. The van der Waals surface area contributed by atoms with Crippen molar-refractivity contribution in [2.45, 2.75) is 32.8 Å². The summed E-state index contributed by atoms with van der Waals surface area (Å²) in [6.45, 7) is 6.25. The second-order valence-electron chi connectivity index (χ2n) is 4.35. The van der Waals surface area contributed by atoms with Gasteiger partial charge in [0.25, 0.3) is 0 Å². The lowest BCUT2D eigenvalue weighted by Gasteiger charge is -2.17. The third-order valence-corrected chi connectivity index (χ3v) is 3.05. The van der Waals surface area contributed by atoms with E-state index in [-0.39, 0.29) is 6.10 Å². The molecule has 0 aromatic heterocycles. The summed E-state index contributed by atoms with van der Waals surface area (Å²) in [6, 6.07) is 6.59. The van der Waals surface area contributed by atoms with Crippen molar-refractivity contribution in [2.24, 2.45) is 0 Å². The van der Waals surface area contributed by atoms with Crippen LogP contribution in [-0.2, 0) is 12.8 Å². The minimum Gasteiger partial charge on any atom is -0.393 e. The monoisotopic (exact) mass is 205 g/mol. The van der Waals surface area contributed by atoms with Crippen LogP contribution < -0.4 is 4.90 Å². The van der Waals surface area contributed by atoms with Gasteiger partial charge in [0, 0.05) is 18.8 Å². The Balaban J connectivity index is 2.24. The highest BCUT2D eigenvalue weighted by Crippen LogP contribution is 2.28. The van der Waals surface area contributed by atoms with Crippen molar-refractivity contribution in [1.29, 1.82) is 0 Å². The molecule has 0 aliphatic carbocycles. The van der Waals surface area contributed by atoms with Gasteiger partial charge in [0.2, 0.25) is 0 Å². The van der Waals surface area contributed by atoms with Gasteiger partial charge in [0.1, 0.15) is 0 Å². The van der Waals surface area contributed by atoms with Gasteiger partial charge in [-0.3, -0.25) is 0 Å². The Morgan fingerprint density at radius 3 is 2.93 bits per heavy atom. The van der Waals surface area contributed by atoms with E-state index in [1.165, 1.54) is 16.8 Å². The Kier molecular flexibility index (Phi) is 2.96. The highest BCUT2D eigenvalue weighted by Gasteiger charge is 2.17. The Morgan fingerprint density at radius 2 is 2.27 bits per heavy atom. The zero-order valence-corrected chi connectivity index (χ0v) is 9.53. The minimum absolute atomic E-state index is 0.250. The summed E-state index contributed by atoms with van der Waals surface area (Å²) < 4.78 is 0. The maximum absolute atomic E-state index is 9.36. The lowest BCUT2D eigenvalue weighted by molar-refractivity contribution is 0.195. The molecule has 1 aliphatic rings. The molecule has 0 radical (unpaired) electrons. The fourth-order valence-corrected chi connectivity index (χ4v) is 2.29. The van der Waals surface area contributed by atoms with Gasteiger partial charge in [0.05, 0.1) is 6.10 Å². The number of aliphatic hydroxyl groups excluding tert-OH is 1. The molecule has 2 nitrogen and oxygen atoms in total. The number of likely N-dealkylation sites (N-methyl/N-ethyl adjacent to an activating group) is 1. The zero-order chi connectivity index (χ0) is 10.8. The molecule has 82 valence electrons. The van der Waals surface area contributed by atoms with Crippen LogP contribution in [0, 0.1) is 0 Å². The van der Waals surface area contributed by atoms with Gasteiger partial charge in [-0.15, -0.1) is 0 Å². The maximum atomic E-state index is 9.36. The molecule has 15 heavy (non-hydrogen) atoms. The minimum atomic E-state index is -0.250. The number of nitrogens with zero attached hydrogens (tertiary/aromatic N) is 1. The molecule has 0 saturated carbocycles. The number of hydrogen-bond acceptors (Lipinski definition) is 2. The van der Waals surface area contributed by atoms with Gasteiger partial charge < -0.3 is 10.0 Å². The van der Waals surface area contributed by atoms with E-state index < -0.39 is 0 Å². The average Bonchev–Trinajstić information content (AvgIpc) is 2.59. The smallest absolute Gasteiger partial charge is 0.0552 e. The summed E-state index contributed by atoms with van der Waals surface area (Å²) in [5, 5.41) is 9.36. The van der Waals surface area contributed by atoms with Crippen molar-refractivity contribution in [3.63, 3.8) is 0 Å². The van der Waals surface area contributed by atoms with Gasteiger partial charge >= 0.3 is 0 Å². The fourth-order valence-electron chi connectivity index (χ4n) is 2.29. The molecule has 1 aliphatic heterocycles.